The largest absolute Gasteiger partial charge is 0.494 e. The number of hydrogen-bond donors (Lipinski definition) is 1. The monoisotopic (exact) mass is 221 g/mol. The third-order valence-corrected chi connectivity index (χ3v) is 2.29. The smallest absolute Gasteiger partial charge is 0.167 e. The zero-order valence-corrected chi connectivity index (χ0v) is 9.07. The first-order valence-corrected chi connectivity index (χ1v) is 4.78. The number of rotatable bonds is 2. The second kappa shape index (κ2) is 3.84. The SMILES string of the molecule is COc1ccc(-n2nc(N)cc2C)cc1F. The van der Waals surface area contributed by atoms with Gasteiger partial charge in [-0.05, 0) is 19.1 Å². The van der Waals surface area contributed by atoms with Gasteiger partial charge in [-0.25, -0.2) is 9.07 Å². The van der Waals surface area contributed by atoms with Crippen molar-refractivity contribution in [3.05, 3.63) is 35.8 Å². The highest BCUT2D eigenvalue weighted by Gasteiger charge is 2.08. The van der Waals surface area contributed by atoms with E-state index in [1.165, 1.54) is 13.2 Å². The number of aryl methyl sites for hydroxylation is 1. The molecule has 0 bridgehead atoms. The van der Waals surface area contributed by atoms with Crippen LogP contribution >= 0.6 is 0 Å². The maximum Gasteiger partial charge on any atom is 0.167 e. The van der Waals surface area contributed by atoms with Crippen LogP contribution in [-0.2, 0) is 0 Å². The van der Waals surface area contributed by atoms with Crippen LogP contribution in [0.15, 0.2) is 24.3 Å². The maximum absolute atomic E-state index is 13.5. The van der Waals surface area contributed by atoms with Gasteiger partial charge in [-0.3, -0.25) is 0 Å². The number of nitrogen functional groups attached to an aromatic ring is 1. The molecule has 2 N–H and O–H groups in total. The minimum absolute atomic E-state index is 0.210. The van der Waals surface area contributed by atoms with Gasteiger partial charge in [0.2, 0.25) is 0 Å². The molecule has 0 fully saturated rings. The van der Waals surface area contributed by atoms with E-state index >= 15 is 0 Å². The van der Waals surface area contributed by atoms with Crippen LogP contribution in [0.1, 0.15) is 5.69 Å². The summed E-state index contributed by atoms with van der Waals surface area (Å²) in [5.74, 6) is 0.198. The zero-order chi connectivity index (χ0) is 11.7. The van der Waals surface area contributed by atoms with Gasteiger partial charge in [0.1, 0.15) is 5.82 Å². The first-order valence-electron chi connectivity index (χ1n) is 4.78. The lowest BCUT2D eigenvalue weighted by Crippen LogP contribution is -2.00. The highest BCUT2D eigenvalue weighted by molar-refractivity contribution is 5.42. The minimum Gasteiger partial charge on any atom is -0.494 e. The molecule has 0 unspecified atom stereocenters. The molecule has 0 saturated carbocycles. The molecule has 0 aliphatic carbocycles. The number of aromatic nitrogens is 2. The van der Waals surface area contributed by atoms with E-state index < -0.39 is 5.82 Å². The van der Waals surface area contributed by atoms with Crippen LogP contribution in [0.4, 0.5) is 10.2 Å². The fourth-order valence-corrected chi connectivity index (χ4v) is 1.55. The van der Waals surface area contributed by atoms with Crippen molar-refractivity contribution in [3.8, 4) is 11.4 Å². The molecular weight excluding hydrogens is 209 g/mol. The van der Waals surface area contributed by atoms with Crippen LogP contribution < -0.4 is 10.5 Å². The predicted octanol–water partition coefficient (Wildman–Crippen LogP) is 1.91. The van der Waals surface area contributed by atoms with E-state index in [1.54, 1.807) is 22.9 Å². The van der Waals surface area contributed by atoms with Crippen molar-refractivity contribution in [1.29, 1.82) is 0 Å². The predicted molar refractivity (Wildman–Crippen MR) is 59.2 cm³/mol. The fraction of sp³-hybridized carbons (Fsp3) is 0.182. The van der Waals surface area contributed by atoms with Crippen molar-refractivity contribution >= 4 is 5.82 Å². The third kappa shape index (κ3) is 1.71. The molecule has 4 nitrogen and oxygen atoms in total. The molecular formula is C11H12FN3O. The number of ether oxygens (including phenoxy) is 1. The van der Waals surface area contributed by atoms with Gasteiger partial charge in [0, 0.05) is 17.8 Å². The summed E-state index contributed by atoms with van der Waals surface area (Å²) in [7, 11) is 1.43. The molecule has 2 rings (SSSR count). The van der Waals surface area contributed by atoms with Crippen molar-refractivity contribution < 1.29 is 9.13 Å². The van der Waals surface area contributed by atoms with Crippen LogP contribution in [0.3, 0.4) is 0 Å². The molecule has 5 heteroatoms. The third-order valence-electron chi connectivity index (χ3n) is 2.29. The number of nitrogens with two attached hydrogens (primary N) is 1. The summed E-state index contributed by atoms with van der Waals surface area (Å²) in [5, 5.41) is 4.06. The lowest BCUT2D eigenvalue weighted by atomic mass is 10.3. The summed E-state index contributed by atoms with van der Waals surface area (Å²) in [6.07, 6.45) is 0. The van der Waals surface area contributed by atoms with Gasteiger partial charge in [-0.1, -0.05) is 0 Å². The molecule has 0 radical (unpaired) electrons. The summed E-state index contributed by atoms with van der Waals surface area (Å²) in [4.78, 5) is 0. The van der Waals surface area contributed by atoms with Crippen molar-refractivity contribution in [2.45, 2.75) is 6.92 Å². The Morgan fingerprint density at radius 1 is 1.38 bits per heavy atom. The Balaban J connectivity index is 2.49. The topological polar surface area (TPSA) is 53.1 Å². The van der Waals surface area contributed by atoms with Crippen LogP contribution in [-0.4, -0.2) is 16.9 Å². The van der Waals surface area contributed by atoms with Crippen molar-refractivity contribution in [3.63, 3.8) is 0 Å². The number of hydrogen-bond acceptors (Lipinski definition) is 3. The van der Waals surface area contributed by atoms with E-state index in [1.807, 2.05) is 6.92 Å². The van der Waals surface area contributed by atoms with E-state index in [9.17, 15) is 4.39 Å². The fourth-order valence-electron chi connectivity index (χ4n) is 1.55. The van der Waals surface area contributed by atoms with E-state index in [2.05, 4.69) is 5.10 Å². The molecule has 1 aromatic heterocycles. The summed E-state index contributed by atoms with van der Waals surface area (Å²) >= 11 is 0. The highest BCUT2D eigenvalue weighted by atomic mass is 19.1. The Hall–Kier alpha value is -2.04. The average Bonchev–Trinajstić information content (AvgIpc) is 2.58. The number of anilines is 1. The Morgan fingerprint density at radius 2 is 2.12 bits per heavy atom. The summed E-state index contributed by atoms with van der Waals surface area (Å²) in [5.41, 5.74) is 7.03. The molecule has 1 aromatic carbocycles. The van der Waals surface area contributed by atoms with Crippen molar-refractivity contribution in [1.82, 2.24) is 9.78 Å². The van der Waals surface area contributed by atoms with Crippen molar-refractivity contribution in [2.75, 3.05) is 12.8 Å². The van der Waals surface area contributed by atoms with Crippen LogP contribution in [0.2, 0.25) is 0 Å². The van der Waals surface area contributed by atoms with Gasteiger partial charge < -0.3 is 10.5 Å². The van der Waals surface area contributed by atoms with Crippen LogP contribution in [0.5, 0.6) is 5.75 Å². The molecule has 0 aliphatic heterocycles. The minimum atomic E-state index is -0.423. The first kappa shape index (κ1) is 10.5. The molecule has 0 aliphatic rings. The molecule has 0 atom stereocenters. The quantitative estimate of drug-likeness (QED) is 0.842. The standard InChI is InChI=1S/C11H12FN3O/c1-7-5-11(13)14-15(7)8-3-4-10(16-2)9(12)6-8/h3-6H,1-2H3,(H2,13,14). The Morgan fingerprint density at radius 3 is 2.62 bits per heavy atom. The Labute approximate surface area is 92.4 Å². The second-order valence-electron chi connectivity index (χ2n) is 3.44. The van der Waals surface area contributed by atoms with Gasteiger partial charge >= 0.3 is 0 Å². The number of nitrogens with zero attached hydrogens (tertiary/aromatic N) is 2. The highest BCUT2D eigenvalue weighted by Crippen LogP contribution is 2.21. The summed E-state index contributed by atoms with van der Waals surface area (Å²) in [6, 6.07) is 6.36. The molecule has 0 saturated heterocycles. The maximum atomic E-state index is 13.5. The van der Waals surface area contributed by atoms with Crippen molar-refractivity contribution in [2.24, 2.45) is 0 Å². The zero-order valence-electron chi connectivity index (χ0n) is 9.07. The Bertz CT molecular complexity index is 522. The molecule has 2 aromatic rings. The lowest BCUT2D eigenvalue weighted by molar-refractivity contribution is 0.386. The number of halogens is 1. The summed E-state index contributed by atoms with van der Waals surface area (Å²) < 4.78 is 19.9. The van der Waals surface area contributed by atoms with Gasteiger partial charge in [0.05, 0.1) is 12.8 Å². The average molecular weight is 221 g/mol. The number of benzene rings is 1. The van der Waals surface area contributed by atoms with Crippen LogP contribution in [0.25, 0.3) is 5.69 Å². The molecule has 84 valence electrons. The second-order valence-corrected chi connectivity index (χ2v) is 3.44. The number of methoxy groups -OCH3 is 1. The van der Waals surface area contributed by atoms with E-state index in [4.69, 9.17) is 10.5 Å². The molecule has 1 heterocycles. The Kier molecular flexibility index (Phi) is 2.52. The van der Waals surface area contributed by atoms with Gasteiger partial charge in [-0.2, -0.15) is 5.10 Å². The van der Waals surface area contributed by atoms with E-state index in [0.29, 0.717) is 11.5 Å². The van der Waals surface area contributed by atoms with E-state index in [-0.39, 0.29) is 5.75 Å². The van der Waals surface area contributed by atoms with Gasteiger partial charge in [-0.15, -0.1) is 0 Å². The summed E-state index contributed by atoms with van der Waals surface area (Å²) in [6.45, 7) is 1.85. The molecule has 0 spiro atoms. The molecule has 16 heavy (non-hydrogen) atoms. The lowest BCUT2D eigenvalue weighted by Gasteiger charge is -2.06. The van der Waals surface area contributed by atoms with Gasteiger partial charge in [0.25, 0.3) is 0 Å². The normalized spacial score (nSPS) is 10.4. The van der Waals surface area contributed by atoms with Crippen LogP contribution in [0, 0.1) is 12.7 Å². The van der Waals surface area contributed by atoms with Gasteiger partial charge in [0.15, 0.2) is 11.6 Å². The van der Waals surface area contributed by atoms with E-state index in [0.717, 1.165) is 5.69 Å². The molecule has 0 amide bonds. The first-order chi connectivity index (χ1) is 7.61.